The summed E-state index contributed by atoms with van der Waals surface area (Å²) in [5.74, 6) is 0.633. The van der Waals surface area contributed by atoms with Gasteiger partial charge in [0, 0.05) is 42.7 Å². The highest BCUT2D eigenvalue weighted by Crippen LogP contribution is 2.35. The number of nitrogens with zero attached hydrogens (tertiary/aromatic N) is 2. The van der Waals surface area contributed by atoms with Crippen molar-refractivity contribution in [1.82, 2.24) is 15.2 Å². The van der Waals surface area contributed by atoms with Crippen LogP contribution in [0.25, 0.3) is 10.4 Å². The zero-order valence-electron chi connectivity index (χ0n) is 16.2. The number of nitrogens with one attached hydrogen (secondary N) is 1. The van der Waals surface area contributed by atoms with Crippen LogP contribution in [0, 0.1) is 0 Å². The molecule has 0 aliphatic carbocycles. The van der Waals surface area contributed by atoms with E-state index in [0.29, 0.717) is 24.9 Å². The summed E-state index contributed by atoms with van der Waals surface area (Å²) >= 11 is 3.41. The molecule has 1 amide bonds. The number of carbonyl (C=O) groups is 1. The van der Waals surface area contributed by atoms with E-state index in [1.807, 2.05) is 23.7 Å². The third-order valence-electron chi connectivity index (χ3n) is 5.13. The Hall–Kier alpha value is -2.02. The van der Waals surface area contributed by atoms with Gasteiger partial charge in [-0.15, -0.1) is 22.7 Å². The molecule has 1 N–H and O–H groups in total. The second-order valence-electron chi connectivity index (χ2n) is 7.54. The lowest BCUT2D eigenvalue weighted by atomic mass is 9.99. The number of hydrogen-bond acceptors (Lipinski definition) is 5. The molecule has 3 heterocycles. The minimum Gasteiger partial charge on any atom is -0.352 e. The van der Waals surface area contributed by atoms with Crippen molar-refractivity contribution in [1.29, 1.82) is 0 Å². The molecule has 0 radical (unpaired) electrons. The fourth-order valence-corrected chi connectivity index (χ4v) is 5.07. The molecule has 146 valence electrons. The van der Waals surface area contributed by atoms with Crippen LogP contribution in [-0.2, 0) is 17.8 Å². The highest BCUT2D eigenvalue weighted by atomic mass is 32.1. The van der Waals surface area contributed by atoms with Gasteiger partial charge in [-0.3, -0.25) is 9.69 Å². The number of benzene rings is 1. The van der Waals surface area contributed by atoms with E-state index in [1.165, 1.54) is 15.4 Å². The first-order valence-corrected chi connectivity index (χ1v) is 11.4. The second-order valence-corrected chi connectivity index (χ2v) is 9.64. The molecule has 28 heavy (non-hydrogen) atoms. The molecule has 0 spiro atoms. The van der Waals surface area contributed by atoms with Crippen molar-refractivity contribution in [2.75, 3.05) is 13.1 Å². The zero-order chi connectivity index (χ0) is 19.5. The molecule has 1 fully saturated rings. The van der Waals surface area contributed by atoms with Gasteiger partial charge >= 0.3 is 0 Å². The lowest BCUT2D eigenvalue weighted by Gasteiger charge is -2.41. The minimum absolute atomic E-state index is 0.0626. The van der Waals surface area contributed by atoms with Crippen LogP contribution in [0.2, 0.25) is 0 Å². The number of carbonyl (C=O) groups excluding carboxylic acids is 1. The number of thiazole rings is 1. The van der Waals surface area contributed by atoms with Crippen LogP contribution < -0.4 is 5.32 Å². The van der Waals surface area contributed by atoms with Crippen molar-refractivity contribution in [2.24, 2.45) is 0 Å². The first-order valence-electron chi connectivity index (χ1n) is 9.66. The van der Waals surface area contributed by atoms with Gasteiger partial charge in [-0.2, -0.15) is 0 Å². The van der Waals surface area contributed by atoms with Gasteiger partial charge in [0.25, 0.3) is 0 Å². The van der Waals surface area contributed by atoms with E-state index < -0.39 is 0 Å². The Morgan fingerprint density at radius 1 is 1.29 bits per heavy atom. The number of aromatic nitrogens is 1. The Kier molecular flexibility index (Phi) is 5.90. The van der Waals surface area contributed by atoms with Crippen LogP contribution >= 0.6 is 22.7 Å². The van der Waals surface area contributed by atoms with Gasteiger partial charge in [-0.05, 0) is 42.5 Å². The summed E-state index contributed by atoms with van der Waals surface area (Å²) in [5, 5.41) is 6.26. The molecule has 0 atom stereocenters. The largest absolute Gasteiger partial charge is 0.352 e. The first-order chi connectivity index (χ1) is 13.6. The normalized spacial score (nSPS) is 15.0. The Bertz CT molecular complexity index is 927. The van der Waals surface area contributed by atoms with Crippen LogP contribution in [0.1, 0.15) is 35.2 Å². The van der Waals surface area contributed by atoms with E-state index in [9.17, 15) is 4.79 Å². The van der Waals surface area contributed by atoms with E-state index in [1.54, 1.807) is 22.7 Å². The smallest absolute Gasteiger partial charge is 0.225 e. The van der Waals surface area contributed by atoms with Crippen LogP contribution in [0.5, 0.6) is 0 Å². The molecule has 1 saturated heterocycles. The average molecular weight is 412 g/mol. The maximum Gasteiger partial charge on any atom is 0.225 e. The van der Waals surface area contributed by atoms with Crippen molar-refractivity contribution in [3.8, 4) is 10.4 Å². The number of amides is 1. The van der Waals surface area contributed by atoms with Gasteiger partial charge in [0.2, 0.25) is 5.91 Å². The highest BCUT2D eigenvalue weighted by Gasteiger charge is 2.31. The van der Waals surface area contributed by atoms with Crippen LogP contribution in [0.4, 0.5) is 0 Å². The maximum atomic E-state index is 12.1. The summed E-state index contributed by atoms with van der Waals surface area (Å²) in [7, 11) is 0. The fraction of sp³-hybridized carbons (Fsp3) is 0.364. The number of thiophene rings is 1. The summed E-state index contributed by atoms with van der Waals surface area (Å²) in [6, 6.07) is 13.0. The minimum atomic E-state index is 0.0626. The lowest BCUT2D eigenvalue weighted by molar-refractivity contribution is -0.120. The SMILES string of the molecule is CC(C)N1CC(c2ncc(-c3cccc(CNC(=O)Cc4cccs4)c3)s2)C1. The summed E-state index contributed by atoms with van der Waals surface area (Å²) in [4.78, 5) is 21.6. The Morgan fingerprint density at radius 2 is 2.14 bits per heavy atom. The van der Waals surface area contributed by atoms with Gasteiger partial charge in [-0.25, -0.2) is 4.98 Å². The molecular formula is C22H25N3OS2. The molecule has 1 aromatic carbocycles. The third kappa shape index (κ3) is 4.51. The van der Waals surface area contributed by atoms with Gasteiger partial charge in [0.1, 0.15) is 0 Å². The van der Waals surface area contributed by atoms with Crippen molar-refractivity contribution in [2.45, 2.75) is 38.8 Å². The van der Waals surface area contributed by atoms with E-state index in [4.69, 9.17) is 0 Å². The molecule has 1 aliphatic rings. The zero-order valence-corrected chi connectivity index (χ0v) is 17.9. The second kappa shape index (κ2) is 8.55. The Morgan fingerprint density at radius 3 is 2.89 bits per heavy atom. The topological polar surface area (TPSA) is 45.2 Å². The van der Waals surface area contributed by atoms with E-state index in [0.717, 1.165) is 23.5 Å². The van der Waals surface area contributed by atoms with E-state index >= 15 is 0 Å². The molecule has 0 saturated carbocycles. The van der Waals surface area contributed by atoms with E-state index in [-0.39, 0.29) is 5.91 Å². The lowest BCUT2D eigenvalue weighted by Crippen LogP contribution is -2.48. The predicted octanol–water partition coefficient (Wildman–Crippen LogP) is 4.54. The summed E-state index contributed by atoms with van der Waals surface area (Å²) in [6.07, 6.45) is 2.44. The summed E-state index contributed by atoms with van der Waals surface area (Å²) < 4.78 is 0. The molecular weight excluding hydrogens is 386 g/mol. The molecule has 2 aromatic heterocycles. The van der Waals surface area contributed by atoms with Crippen molar-refractivity contribution >= 4 is 28.6 Å². The first kappa shape index (κ1) is 19.3. The third-order valence-corrected chi connectivity index (χ3v) is 7.21. The Labute approximate surface area is 174 Å². The highest BCUT2D eigenvalue weighted by molar-refractivity contribution is 7.15. The quantitative estimate of drug-likeness (QED) is 0.621. The Balaban J connectivity index is 1.35. The van der Waals surface area contributed by atoms with Crippen LogP contribution in [0.15, 0.2) is 48.0 Å². The van der Waals surface area contributed by atoms with Gasteiger partial charge in [0.05, 0.1) is 16.3 Å². The molecule has 0 bridgehead atoms. The maximum absolute atomic E-state index is 12.1. The number of likely N-dealkylation sites (tertiary alicyclic amines) is 1. The molecule has 4 rings (SSSR count). The van der Waals surface area contributed by atoms with Gasteiger partial charge in [0.15, 0.2) is 0 Å². The van der Waals surface area contributed by atoms with Crippen molar-refractivity contribution < 1.29 is 4.79 Å². The average Bonchev–Trinajstić information content (AvgIpc) is 3.31. The van der Waals surface area contributed by atoms with Gasteiger partial charge in [-0.1, -0.05) is 24.3 Å². The monoisotopic (exact) mass is 411 g/mol. The summed E-state index contributed by atoms with van der Waals surface area (Å²) in [6.45, 7) is 7.26. The number of rotatable bonds is 7. The fourth-order valence-electron chi connectivity index (χ4n) is 3.37. The van der Waals surface area contributed by atoms with Crippen molar-refractivity contribution in [3.05, 3.63) is 63.4 Å². The van der Waals surface area contributed by atoms with Crippen molar-refractivity contribution in [3.63, 3.8) is 0 Å². The molecule has 1 aliphatic heterocycles. The standard InChI is InChI=1S/C22H25N3OS2/c1-15(2)25-13-18(14-25)22-24-12-20(28-22)17-6-3-5-16(9-17)11-23-21(26)10-19-7-4-8-27-19/h3-9,12,15,18H,10-11,13-14H2,1-2H3,(H,23,26). The van der Waals surface area contributed by atoms with Crippen LogP contribution in [-0.4, -0.2) is 34.9 Å². The summed E-state index contributed by atoms with van der Waals surface area (Å²) in [5.41, 5.74) is 2.29. The van der Waals surface area contributed by atoms with Gasteiger partial charge < -0.3 is 5.32 Å². The van der Waals surface area contributed by atoms with E-state index in [2.05, 4.69) is 53.3 Å². The molecule has 4 nitrogen and oxygen atoms in total. The number of hydrogen-bond donors (Lipinski definition) is 1. The predicted molar refractivity (Wildman–Crippen MR) is 117 cm³/mol. The van der Waals surface area contributed by atoms with Crippen LogP contribution in [0.3, 0.4) is 0 Å². The molecule has 3 aromatic rings. The molecule has 6 heteroatoms. The molecule has 0 unspecified atom stereocenters.